The Bertz CT molecular complexity index is 1100. The molecule has 5 nitrogen and oxygen atoms in total. The first-order chi connectivity index (χ1) is 14.3. The summed E-state index contributed by atoms with van der Waals surface area (Å²) in [7, 11) is 0. The van der Waals surface area contributed by atoms with Crippen molar-refractivity contribution in [2.75, 3.05) is 13.1 Å². The fourth-order valence-electron chi connectivity index (χ4n) is 4.52. The number of nitrogens with zero attached hydrogens (tertiary/aromatic N) is 5. The quantitative estimate of drug-likeness (QED) is 0.521. The Labute approximate surface area is 171 Å². The maximum Gasteiger partial charge on any atom is 0.163 e. The van der Waals surface area contributed by atoms with Gasteiger partial charge in [0.25, 0.3) is 0 Å². The van der Waals surface area contributed by atoms with Gasteiger partial charge in [0.1, 0.15) is 0 Å². The zero-order valence-electron chi connectivity index (χ0n) is 16.7. The summed E-state index contributed by atoms with van der Waals surface area (Å²) in [5.41, 5.74) is 6.80. The highest BCUT2D eigenvalue weighted by Gasteiger charge is 2.25. The largest absolute Gasteiger partial charge is 0.298 e. The molecule has 0 N–H and O–H groups in total. The van der Waals surface area contributed by atoms with Crippen LogP contribution in [0.4, 0.5) is 0 Å². The van der Waals surface area contributed by atoms with Crippen molar-refractivity contribution in [2.45, 2.75) is 32.2 Å². The molecule has 0 radical (unpaired) electrons. The van der Waals surface area contributed by atoms with Crippen molar-refractivity contribution in [2.24, 2.45) is 0 Å². The zero-order valence-corrected chi connectivity index (χ0v) is 16.7. The Kier molecular flexibility index (Phi) is 4.82. The molecule has 29 heavy (non-hydrogen) atoms. The molecule has 1 aliphatic heterocycles. The number of hydrogen-bond acceptors (Lipinski definition) is 4. The normalized spacial score (nSPS) is 17.6. The SMILES string of the molecule is Cc1nn2c(C3CCCN(Cc4ccccc4)C3)ccnc2c1-c1ccncc1. The first-order valence-corrected chi connectivity index (χ1v) is 10.3. The Morgan fingerprint density at radius 2 is 1.83 bits per heavy atom. The molecule has 0 bridgehead atoms. The summed E-state index contributed by atoms with van der Waals surface area (Å²) in [6, 6.07) is 17.0. The maximum atomic E-state index is 4.89. The number of pyridine rings is 1. The topological polar surface area (TPSA) is 46.3 Å². The molecule has 4 heterocycles. The summed E-state index contributed by atoms with van der Waals surface area (Å²) < 4.78 is 2.07. The van der Waals surface area contributed by atoms with Crippen LogP contribution in [0.25, 0.3) is 16.8 Å². The van der Waals surface area contributed by atoms with Gasteiger partial charge in [-0.3, -0.25) is 9.88 Å². The van der Waals surface area contributed by atoms with Crippen molar-refractivity contribution >= 4 is 5.65 Å². The number of rotatable bonds is 4. The van der Waals surface area contributed by atoms with E-state index < -0.39 is 0 Å². The Morgan fingerprint density at radius 1 is 1.00 bits per heavy atom. The van der Waals surface area contributed by atoms with Crippen LogP contribution in [0.3, 0.4) is 0 Å². The van der Waals surface area contributed by atoms with Crippen LogP contribution in [-0.4, -0.2) is 37.6 Å². The van der Waals surface area contributed by atoms with Gasteiger partial charge < -0.3 is 0 Å². The molecule has 1 fully saturated rings. The van der Waals surface area contributed by atoms with E-state index in [1.807, 2.05) is 30.7 Å². The first-order valence-electron chi connectivity index (χ1n) is 10.3. The van der Waals surface area contributed by atoms with Gasteiger partial charge in [-0.25, -0.2) is 9.50 Å². The molecule has 0 spiro atoms. The standard InChI is InChI=1S/C24H25N5/c1-18-23(20-9-12-25-13-10-20)24-26-14-11-22(29(24)27-18)21-8-5-15-28(17-21)16-19-6-3-2-4-7-19/h2-4,6-7,9-14,21H,5,8,15-17H2,1H3. The summed E-state index contributed by atoms with van der Waals surface area (Å²) in [5.74, 6) is 0.461. The lowest BCUT2D eigenvalue weighted by Gasteiger charge is -2.33. The van der Waals surface area contributed by atoms with Gasteiger partial charge in [0, 0.05) is 43.2 Å². The second-order valence-electron chi connectivity index (χ2n) is 7.86. The zero-order chi connectivity index (χ0) is 19.6. The van der Waals surface area contributed by atoms with Gasteiger partial charge in [-0.1, -0.05) is 30.3 Å². The molecule has 1 aromatic carbocycles. The maximum absolute atomic E-state index is 4.89. The van der Waals surface area contributed by atoms with Crippen LogP contribution in [0, 0.1) is 6.92 Å². The average molecular weight is 383 g/mol. The molecule has 5 heteroatoms. The van der Waals surface area contributed by atoms with E-state index in [0.29, 0.717) is 5.92 Å². The minimum Gasteiger partial charge on any atom is -0.298 e. The Hall–Kier alpha value is -3.05. The number of likely N-dealkylation sites (tertiary alicyclic amines) is 1. The highest BCUT2D eigenvalue weighted by atomic mass is 15.3. The van der Waals surface area contributed by atoms with E-state index in [-0.39, 0.29) is 0 Å². The molecule has 5 rings (SSSR count). The van der Waals surface area contributed by atoms with E-state index in [1.54, 1.807) is 0 Å². The van der Waals surface area contributed by atoms with Crippen LogP contribution < -0.4 is 0 Å². The summed E-state index contributed by atoms with van der Waals surface area (Å²) in [5, 5.41) is 4.89. The van der Waals surface area contributed by atoms with Crippen molar-refractivity contribution in [3.05, 3.63) is 84.1 Å². The van der Waals surface area contributed by atoms with Crippen LogP contribution in [0.15, 0.2) is 67.1 Å². The highest BCUT2D eigenvalue weighted by Crippen LogP contribution is 2.32. The number of fused-ring (bicyclic) bond motifs is 1. The molecular formula is C24H25N5. The Balaban J connectivity index is 1.47. The lowest BCUT2D eigenvalue weighted by molar-refractivity contribution is 0.197. The molecule has 0 aliphatic carbocycles. The van der Waals surface area contributed by atoms with Crippen LogP contribution in [-0.2, 0) is 6.54 Å². The molecule has 4 aromatic rings. The highest BCUT2D eigenvalue weighted by molar-refractivity contribution is 5.79. The molecule has 0 amide bonds. The molecule has 146 valence electrons. The van der Waals surface area contributed by atoms with E-state index >= 15 is 0 Å². The number of aryl methyl sites for hydroxylation is 1. The third kappa shape index (κ3) is 3.54. The molecular weight excluding hydrogens is 358 g/mol. The van der Waals surface area contributed by atoms with E-state index in [4.69, 9.17) is 5.10 Å². The summed E-state index contributed by atoms with van der Waals surface area (Å²) in [6.45, 7) is 5.28. The minimum absolute atomic E-state index is 0.461. The van der Waals surface area contributed by atoms with E-state index in [1.165, 1.54) is 24.1 Å². The van der Waals surface area contributed by atoms with Crippen molar-refractivity contribution in [3.63, 3.8) is 0 Å². The van der Waals surface area contributed by atoms with Gasteiger partial charge in [0.2, 0.25) is 0 Å². The van der Waals surface area contributed by atoms with Gasteiger partial charge >= 0.3 is 0 Å². The van der Waals surface area contributed by atoms with Gasteiger partial charge in [-0.2, -0.15) is 5.10 Å². The van der Waals surface area contributed by atoms with Crippen LogP contribution in [0.2, 0.25) is 0 Å². The van der Waals surface area contributed by atoms with Crippen LogP contribution in [0.1, 0.15) is 35.7 Å². The van der Waals surface area contributed by atoms with E-state index in [9.17, 15) is 0 Å². The van der Waals surface area contributed by atoms with Gasteiger partial charge in [0.15, 0.2) is 5.65 Å². The molecule has 1 aliphatic rings. The molecule has 0 saturated carbocycles. The smallest absolute Gasteiger partial charge is 0.163 e. The number of piperidine rings is 1. The lowest BCUT2D eigenvalue weighted by Crippen LogP contribution is -2.34. The fraction of sp³-hybridized carbons (Fsp3) is 0.292. The number of aromatic nitrogens is 4. The third-order valence-corrected chi connectivity index (χ3v) is 5.86. The Morgan fingerprint density at radius 3 is 2.66 bits per heavy atom. The molecule has 1 unspecified atom stereocenters. The van der Waals surface area contributed by atoms with E-state index in [2.05, 4.69) is 62.7 Å². The van der Waals surface area contributed by atoms with Gasteiger partial charge in [0.05, 0.1) is 11.4 Å². The molecule has 3 aromatic heterocycles. The summed E-state index contributed by atoms with van der Waals surface area (Å²) in [6.07, 6.45) is 7.98. The van der Waals surface area contributed by atoms with Crippen molar-refractivity contribution in [1.82, 2.24) is 24.5 Å². The second kappa shape index (κ2) is 7.76. The monoisotopic (exact) mass is 383 g/mol. The minimum atomic E-state index is 0.461. The van der Waals surface area contributed by atoms with Crippen LogP contribution >= 0.6 is 0 Å². The van der Waals surface area contributed by atoms with Crippen LogP contribution in [0.5, 0.6) is 0 Å². The second-order valence-corrected chi connectivity index (χ2v) is 7.86. The predicted octanol–water partition coefficient (Wildman–Crippen LogP) is 4.48. The number of benzene rings is 1. The number of hydrogen-bond donors (Lipinski definition) is 0. The lowest BCUT2D eigenvalue weighted by atomic mass is 9.94. The fourth-order valence-corrected chi connectivity index (χ4v) is 4.52. The first kappa shape index (κ1) is 18.0. The van der Waals surface area contributed by atoms with Gasteiger partial charge in [-0.05, 0) is 55.6 Å². The van der Waals surface area contributed by atoms with Crippen molar-refractivity contribution in [1.29, 1.82) is 0 Å². The predicted molar refractivity (Wildman–Crippen MR) is 115 cm³/mol. The third-order valence-electron chi connectivity index (χ3n) is 5.86. The van der Waals surface area contributed by atoms with E-state index in [0.717, 1.165) is 42.1 Å². The molecule has 1 saturated heterocycles. The average Bonchev–Trinajstić information content (AvgIpc) is 3.11. The molecule has 1 atom stereocenters. The van der Waals surface area contributed by atoms with Crippen molar-refractivity contribution < 1.29 is 0 Å². The summed E-state index contributed by atoms with van der Waals surface area (Å²) in [4.78, 5) is 11.4. The summed E-state index contributed by atoms with van der Waals surface area (Å²) >= 11 is 0. The van der Waals surface area contributed by atoms with Crippen molar-refractivity contribution in [3.8, 4) is 11.1 Å². The van der Waals surface area contributed by atoms with Gasteiger partial charge in [-0.15, -0.1) is 0 Å².